The Bertz CT molecular complexity index is 422. The largest absolute Gasteiger partial charge is 0.493 e. The molecule has 0 aliphatic rings. The fraction of sp³-hybridized carbons (Fsp3) is 0.200. The lowest BCUT2D eigenvalue weighted by Gasteiger charge is -2.03. The molecule has 1 aromatic heterocycles. The van der Waals surface area contributed by atoms with E-state index < -0.39 is 0 Å². The van der Waals surface area contributed by atoms with Gasteiger partial charge < -0.3 is 9.72 Å². The van der Waals surface area contributed by atoms with Crippen LogP contribution in [0, 0.1) is 0 Å². The number of benzene rings is 1. The summed E-state index contributed by atoms with van der Waals surface area (Å²) >= 11 is 6.00. The number of rotatable bonds is 2. The molecule has 0 fully saturated rings. The van der Waals surface area contributed by atoms with Crippen LogP contribution in [0.3, 0.4) is 0 Å². The van der Waals surface area contributed by atoms with E-state index in [1.165, 1.54) is 0 Å². The molecule has 0 radical (unpaired) electrons. The first-order valence-corrected chi connectivity index (χ1v) is 4.59. The zero-order chi connectivity index (χ0) is 9.26. The second-order valence-electron chi connectivity index (χ2n) is 2.75. The van der Waals surface area contributed by atoms with E-state index in [1.807, 2.05) is 25.1 Å². The molecular weight excluding hydrogens is 186 g/mol. The van der Waals surface area contributed by atoms with Crippen LogP contribution in [-0.2, 0) is 0 Å². The molecule has 0 atom stereocenters. The van der Waals surface area contributed by atoms with Gasteiger partial charge in [-0.15, -0.1) is 0 Å². The van der Waals surface area contributed by atoms with Crippen LogP contribution >= 0.6 is 11.6 Å². The summed E-state index contributed by atoms with van der Waals surface area (Å²) in [5.41, 5.74) is 1.01. The van der Waals surface area contributed by atoms with Gasteiger partial charge in [-0.2, -0.15) is 0 Å². The van der Waals surface area contributed by atoms with Crippen molar-refractivity contribution < 1.29 is 4.74 Å². The third kappa shape index (κ3) is 1.38. The molecule has 3 heteroatoms. The van der Waals surface area contributed by atoms with Gasteiger partial charge in [0.1, 0.15) is 5.75 Å². The fourth-order valence-corrected chi connectivity index (χ4v) is 1.64. The van der Waals surface area contributed by atoms with Gasteiger partial charge in [0.25, 0.3) is 0 Å². The zero-order valence-corrected chi connectivity index (χ0v) is 8.06. The van der Waals surface area contributed by atoms with Crippen molar-refractivity contribution in [2.24, 2.45) is 0 Å². The highest BCUT2D eigenvalue weighted by atomic mass is 35.5. The van der Waals surface area contributed by atoms with Gasteiger partial charge in [0.15, 0.2) is 0 Å². The lowest BCUT2D eigenvalue weighted by molar-refractivity contribution is 0.344. The van der Waals surface area contributed by atoms with Crippen LogP contribution in [0.2, 0.25) is 5.02 Å². The summed E-state index contributed by atoms with van der Waals surface area (Å²) in [5.74, 6) is 0.839. The van der Waals surface area contributed by atoms with Crippen molar-refractivity contribution in [2.75, 3.05) is 6.61 Å². The second-order valence-corrected chi connectivity index (χ2v) is 3.16. The number of H-pyrrole nitrogens is 1. The molecule has 2 nitrogen and oxygen atoms in total. The summed E-state index contributed by atoms with van der Waals surface area (Å²) in [6.45, 7) is 2.61. The fourth-order valence-electron chi connectivity index (χ4n) is 1.39. The third-order valence-corrected chi connectivity index (χ3v) is 2.22. The van der Waals surface area contributed by atoms with E-state index in [2.05, 4.69) is 4.98 Å². The Labute approximate surface area is 81.5 Å². The van der Waals surface area contributed by atoms with Gasteiger partial charge in [0.2, 0.25) is 0 Å². The molecule has 0 amide bonds. The van der Waals surface area contributed by atoms with Gasteiger partial charge in [-0.25, -0.2) is 0 Å². The summed E-state index contributed by atoms with van der Waals surface area (Å²) in [7, 11) is 0. The van der Waals surface area contributed by atoms with Gasteiger partial charge >= 0.3 is 0 Å². The minimum absolute atomic E-state index is 0.653. The topological polar surface area (TPSA) is 25.0 Å². The average Bonchev–Trinajstić information content (AvgIpc) is 2.50. The normalized spacial score (nSPS) is 10.6. The molecule has 13 heavy (non-hydrogen) atoms. The average molecular weight is 196 g/mol. The Kier molecular flexibility index (Phi) is 2.15. The first-order valence-electron chi connectivity index (χ1n) is 4.21. The van der Waals surface area contributed by atoms with E-state index in [-0.39, 0.29) is 0 Å². The van der Waals surface area contributed by atoms with E-state index in [0.717, 1.165) is 16.7 Å². The van der Waals surface area contributed by atoms with Gasteiger partial charge in [-0.3, -0.25) is 0 Å². The van der Waals surface area contributed by atoms with Crippen LogP contribution in [0.15, 0.2) is 24.4 Å². The Morgan fingerprint density at radius 3 is 3.08 bits per heavy atom. The molecule has 1 N–H and O–H groups in total. The van der Waals surface area contributed by atoms with E-state index >= 15 is 0 Å². The van der Waals surface area contributed by atoms with Crippen LogP contribution in [0.1, 0.15) is 6.92 Å². The highest BCUT2D eigenvalue weighted by Crippen LogP contribution is 2.31. The summed E-state index contributed by atoms with van der Waals surface area (Å²) in [5, 5.41) is 1.67. The predicted molar refractivity (Wildman–Crippen MR) is 54.5 cm³/mol. The van der Waals surface area contributed by atoms with Crippen LogP contribution in [0.5, 0.6) is 5.75 Å². The second kappa shape index (κ2) is 3.30. The summed E-state index contributed by atoms with van der Waals surface area (Å²) in [6, 6.07) is 5.84. The quantitative estimate of drug-likeness (QED) is 0.782. The molecule has 0 spiro atoms. The monoisotopic (exact) mass is 195 g/mol. The minimum atomic E-state index is 0.653. The molecule has 1 heterocycles. The molecule has 0 bridgehead atoms. The van der Waals surface area contributed by atoms with Gasteiger partial charge in [0.05, 0.1) is 22.5 Å². The molecule has 1 aromatic carbocycles. The lowest BCUT2D eigenvalue weighted by Crippen LogP contribution is -1.91. The summed E-state index contributed by atoms with van der Waals surface area (Å²) in [6.07, 6.45) is 1.77. The van der Waals surface area contributed by atoms with Gasteiger partial charge in [-0.1, -0.05) is 17.7 Å². The number of ether oxygens (including phenoxy) is 1. The number of hydrogen-bond donors (Lipinski definition) is 1. The molecule has 0 saturated heterocycles. The van der Waals surface area contributed by atoms with E-state index in [9.17, 15) is 0 Å². The smallest absolute Gasteiger partial charge is 0.130 e. The van der Waals surface area contributed by atoms with Crippen molar-refractivity contribution in [2.45, 2.75) is 6.92 Å². The minimum Gasteiger partial charge on any atom is -0.493 e. The molecule has 68 valence electrons. The summed E-state index contributed by atoms with van der Waals surface area (Å²) in [4.78, 5) is 3.07. The van der Waals surface area contributed by atoms with Crippen molar-refractivity contribution in [1.82, 2.24) is 4.98 Å². The third-order valence-electron chi connectivity index (χ3n) is 1.92. The summed E-state index contributed by atoms with van der Waals surface area (Å²) < 4.78 is 5.45. The van der Waals surface area contributed by atoms with Crippen LogP contribution < -0.4 is 4.74 Å². The van der Waals surface area contributed by atoms with Crippen molar-refractivity contribution in [3.63, 3.8) is 0 Å². The number of hydrogen-bond acceptors (Lipinski definition) is 1. The first kappa shape index (κ1) is 8.45. The molecular formula is C10H10ClNO. The Balaban J connectivity index is 2.65. The number of halogens is 1. The van der Waals surface area contributed by atoms with Crippen LogP contribution in [0.4, 0.5) is 0 Å². The highest BCUT2D eigenvalue weighted by molar-refractivity contribution is 6.36. The lowest BCUT2D eigenvalue weighted by atomic mass is 10.2. The Morgan fingerprint density at radius 1 is 1.46 bits per heavy atom. The van der Waals surface area contributed by atoms with Gasteiger partial charge in [0, 0.05) is 6.20 Å². The Morgan fingerprint density at radius 2 is 2.31 bits per heavy atom. The molecule has 0 aliphatic carbocycles. The molecule has 0 aliphatic heterocycles. The SMILES string of the molecule is CCOc1cccc2[nH]cc(Cl)c12. The van der Waals surface area contributed by atoms with Crippen LogP contribution in [-0.4, -0.2) is 11.6 Å². The maximum absolute atomic E-state index is 6.00. The Hall–Kier alpha value is -1.15. The van der Waals surface area contributed by atoms with Crippen molar-refractivity contribution in [3.05, 3.63) is 29.4 Å². The number of aromatic amines is 1. The number of nitrogens with one attached hydrogen (secondary N) is 1. The number of aromatic nitrogens is 1. The predicted octanol–water partition coefficient (Wildman–Crippen LogP) is 3.22. The van der Waals surface area contributed by atoms with Crippen LogP contribution in [0.25, 0.3) is 10.9 Å². The van der Waals surface area contributed by atoms with Gasteiger partial charge in [-0.05, 0) is 19.1 Å². The van der Waals surface area contributed by atoms with Crippen molar-refractivity contribution in [3.8, 4) is 5.75 Å². The maximum atomic E-state index is 6.00. The van der Waals surface area contributed by atoms with Crippen molar-refractivity contribution in [1.29, 1.82) is 0 Å². The van der Waals surface area contributed by atoms with Crippen molar-refractivity contribution >= 4 is 22.5 Å². The number of fused-ring (bicyclic) bond motifs is 1. The standard InChI is InChI=1S/C10H10ClNO/c1-2-13-9-5-3-4-8-10(9)7(11)6-12-8/h3-6,12H,2H2,1H3. The highest BCUT2D eigenvalue weighted by Gasteiger charge is 2.06. The molecule has 0 saturated carbocycles. The first-order chi connectivity index (χ1) is 6.33. The molecule has 0 unspecified atom stereocenters. The van der Waals surface area contributed by atoms with E-state index in [0.29, 0.717) is 11.6 Å². The zero-order valence-electron chi connectivity index (χ0n) is 7.30. The van der Waals surface area contributed by atoms with E-state index in [1.54, 1.807) is 6.20 Å². The van der Waals surface area contributed by atoms with E-state index in [4.69, 9.17) is 16.3 Å². The molecule has 2 aromatic rings. The molecule has 2 rings (SSSR count). The maximum Gasteiger partial charge on any atom is 0.130 e.